The summed E-state index contributed by atoms with van der Waals surface area (Å²) in [5, 5.41) is 1.08. The standard InChI is InChI=1S/C21H19BrN2O/c22-18-8-1-4-15(12-18)14-24(19-9-10-19)20(25)13-17-6-2-5-16-7-3-11-23-21(16)17/h1-8,11-12,19H,9-10,13-14H2. The molecule has 1 aromatic heterocycles. The molecule has 4 heteroatoms. The Morgan fingerprint density at radius 3 is 2.72 bits per heavy atom. The molecule has 3 nitrogen and oxygen atoms in total. The molecule has 0 spiro atoms. The van der Waals surface area contributed by atoms with Gasteiger partial charge in [0.15, 0.2) is 0 Å². The molecule has 1 amide bonds. The molecule has 1 aliphatic carbocycles. The molecular weight excluding hydrogens is 376 g/mol. The number of carbonyl (C=O) groups excluding carboxylic acids is 1. The Morgan fingerprint density at radius 2 is 1.92 bits per heavy atom. The van der Waals surface area contributed by atoms with Crippen LogP contribution in [0.2, 0.25) is 0 Å². The summed E-state index contributed by atoms with van der Waals surface area (Å²) in [5.74, 6) is 0.181. The van der Waals surface area contributed by atoms with Gasteiger partial charge in [0.1, 0.15) is 0 Å². The summed E-state index contributed by atoms with van der Waals surface area (Å²) in [5.41, 5.74) is 3.09. The van der Waals surface area contributed by atoms with Crippen molar-refractivity contribution in [2.45, 2.75) is 31.8 Å². The molecule has 0 bridgehead atoms. The van der Waals surface area contributed by atoms with Crippen molar-refractivity contribution in [3.8, 4) is 0 Å². The SMILES string of the molecule is O=C(Cc1cccc2cccnc12)N(Cc1cccc(Br)c1)C1CC1. The lowest BCUT2D eigenvalue weighted by Gasteiger charge is -2.23. The number of hydrogen-bond acceptors (Lipinski definition) is 2. The van der Waals surface area contributed by atoms with E-state index >= 15 is 0 Å². The van der Waals surface area contributed by atoms with Crippen LogP contribution in [-0.2, 0) is 17.8 Å². The molecule has 0 aliphatic heterocycles. The van der Waals surface area contributed by atoms with Crippen LogP contribution in [0.5, 0.6) is 0 Å². The fourth-order valence-corrected chi connectivity index (χ4v) is 3.66. The molecule has 25 heavy (non-hydrogen) atoms. The quantitative estimate of drug-likeness (QED) is 0.626. The van der Waals surface area contributed by atoms with Crippen LogP contribution in [0, 0.1) is 0 Å². The average molecular weight is 395 g/mol. The van der Waals surface area contributed by atoms with Crippen LogP contribution in [0.25, 0.3) is 10.9 Å². The third kappa shape index (κ3) is 3.74. The van der Waals surface area contributed by atoms with E-state index in [9.17, 15) is 4.79 Å². The minimum Gasteiger partial charge on any atom is -0.335 e. The van der Waals surface area contributed by atoms with Gasteiger partial charge in [0.25, 0.3) is 0 Å². The van der Waals surface area contributed by atoms with Crippen molar-refractivity contribution < 1.29 is 4.79 Å². The number of aromatic nitrogens is 1. The summed E-state index contributed by atoms with van der Waals surface area (Å²) in [6, 6.07) is 18.6. The van der Waals surface area contributed by atoms with E-state index < -0.39 is 0 Å². The molecule has 0 saturated heterocycles. The number of fused-ring (bicyclic) bond motifs is 1. The molecule has 1 fully saturated rings. The number of pyridine rings is 1. The lowest BCUT2D eigenvalue weighted by molar-refractivity contribution is -0.131. The number of amides is 1. The molecule has 4 rings (SSSR count). The molecule has 1 heterocycles. The van der Waals surface area contributed by atoms with Crippen LogP contribution in [0.1, 0.15) is 24.0 Å². The topological polar surface area (TPSA) is 33.2 Å². The first kappa shape index (κ1) is 16.3. The van der Waals surface area contributed by atoms with E-state index in [2.05, 4.69) is 33.0 Å². The van der Waals surface area contributed by atoms with Crippen molar-refractivity contribution >= 4 is 32.7 Å². The molecule has 0 atom stereocenters. The van der Waals surface area contributed by atoms with Crippen molar-refractivity contribution in [1.29, 1.82) is 0 Å². The molecule has 1 saturated carbocycles. The van der Waals surface area contributed by atoms with Crippen molar-refractivity contribution in [3.05, 3.63) is 76.4 Å². The van der Waals surface area contributed by atoms with Crippen LogP contribution in [-0.4, -0.2) is 21.8 Å². The van der Waals surface area contributed by atoms with Gasteiger partial charge in [0.05, 0.1) is 11.9 Å². The second-order valence-electron chi connectivity index (χ2n) is 6.55. The van der Waals surface area contributed by atoms with Crippen molar-refractivity contribution in [2.24, 2.45) is 0 Å². The van der Waals surface area contributed by atoms with Crippen molar-refractivity contribution in [2.75, 3.05) is 0 Å². The maximum atomic E-state index is 13.0. The highest BCUT2D eigenvalue weighted by atomic mass is 79.9. The number of hydrogen-bond donors (Lipinski definition) is 0. The second-order valence-corrected chi connectivity index (χ2v) is 7.47. The number of para-hydroxylation sites is 1. The normalized spacial score (nSPS) is 13.8. The average Bonchev–Trinajstić information content (AvgIpc) is 3.45. The van der Waals surface area contributed by atoms with Gasteiger partial charge in [-0.1, -0.05) is 52.3 Å². The van der Waals surface area contributed by atoms with Crippen LogP contribution in [0.15, 0.2) is 65.3 Å². The molecule has 0 N–H and O–H groups in total. The van der Waals surface area contributed by atoms with Gasteiger partial charge in [0, 0.05) is 28.6 Å². The van der Waals surface area contributed by atoms with Crippen molar-refractivity contribution in [3.63, 3.8) is 0 Å². The van der Waals surface area contributed by atoms with Gasteiger partial charge in [0.2, 0.25) is 5.91 Å². The van der Waals surface area contributed by atoms with Gasteiger partial charge < -0.3 is 4.90 Å². The highest BCUT2D eigenvalue weighted by Gasteiger charge is 2.32. The number of halogens is 1. The fraction of sp³-hybridized carbons (Fsp3) is 0.238. The molecule has 126 valence electrons. The fourth-order valence-electron chi connectivity index (χ4n) is 3.21. The van der Waals surface area contributed by atoms with E-state index in [-0.39, 0.29) is 5.91 Å². The highest BCUT2D eigenvalue weighted by Crippen LogP contribution is 2.30. The predicted molar refractivity (Wildman–Crippen MR) is 103 cm³/mol. The number of benzene rings is 2. The Balaban J connectivity index is 1.57. The zero-order valence-corrected chi connectivity index (χ0v) is 15.4. The van der Waals surface area contributed by atoms with E-state index in [1.54, 1.807) is 6.20 Å². The Bertz CT molecular complexity index is 915. The lowest BCUT2D eigenvalue weighted by atomic mass is 10.1. The number of carbonyl (C=O) groups is 1. The summed E-state index contributed by atoms with van der Waals surface area (Å²) >= 11 is 3.51. The minimum absolute atomic E-state index is 0.181. The van der Waals surface area contributed by atoms with Gasteiger partial charge in [-0.15, -0.1) is 0 Å². The van der Waals surface area contributed by atoms with Gasteiger partial charge in [-0.2, -0.15) is 0 Å². The molecular formula is C21H19BrN2O. The minimum atomic E-state index is 0.181. The molecule has 3 aromatic rings. The first-order valence-electron chi connectivity index (χ1n) is 8.57. The third-order valence-corrected chi connectivity index (χ3v) is 5.10. The molecule has 1 aliphatic rings. The molecule has 0 unspecified atom stereocenters. The summed E-state index contributed by atoms with van der Waals surface area (Å²) < 4.78 is 1.05. The molecule has 2 aromatic carbocycles. The van der Waals surface area contributed by atoms with Gasteiger partial charge in [-0.05, 0) is 42.2 Å². The maximum Gasteiger partial charge on any atom is 0.227 e. The Labute approximate surface area is 155 Å². The van der Waals surface area contributed by atoms with Crippen LogP contribution < -0.4 is 0 Å². The Kier molecular flexibility index (Phi) is 4.53. The Hall–Kier alpha value is -2.20. The monoisotopic (exact) mass is 394 g/mol. The van der Waals surface area contributed by atoms with Crippen LogP contribution >= 0.6 is 15.9 Å². The second kappa shape index (κ2) is 6.96. The predicted octanol–water partition coefficient (Wildman–Crippen LogP) is 4.73. The van der Waals surface area contributed by atoms with E-state index in [0.29, 0.717) is 19.0 Å². The van der Waals surface area contributed by atoms with Crippen LogP contribution in [0.4, 0.5) is 0 Å². The third-order valence-electron chi connectivity index (χ3n) is 4.61. The number of nitrogens with zero attached hydrogens (tertiary/aromatic N) is 2. The zero-order valence-electron chi connectivity index (χ0n) is 13.9. The van der Waals surface area contributed by atoms with E-state index in [0.717, 1.165) is 39.3 Å². The maximum absolute atomic E-state index is 13.0. The molecule has 0 radical (unpaired) electrons. The largest absolute Gasteiger partial charge is 0.335 e. The van der Waals surface area contributed by atoms with Gasteiger partial charge in [-0.25, -0.2) is 0 Å². The van der Waals surface area contributed by atoms with Gasteiger partial charge >= 0.3 is 0 Å². The zero-order chi connectivity index (χ0) is 17.2. The highest BCUT2D eigenvalue weighted by molar-refractivity contribution is 9.10. The first-order chi connectivity index (χ1) is 12.2. The summed E-state index contributed by atoms with van der Waals surface area (Å²) in [6.45, 7) is 0.668. The summed E-state index contributed by atoms with van der Waals surface area (Å²) in [6.07, 6.45) is 4.40. The summed E-state index contributed by atoms with van der Waals surface area (Å²) in [7, 11) is 0. The lowest BCUT2D eigenvalue weighted by Crippen LogP contribution is -2.33. The smallest absolute Gasteiger partial charge is 0.227 e. The van der Waals surface area contributed by atoms with E-state index in [4.69, 9.17) is 0 Å². The summed E-state index contributed by atoms with van der Waals surface area (Å²) in [4.78, 5) is 19.5. The Morgan fingerprint density at radius 1 is 1.12 bits per heavy atom. The van der Waals surface area contributed by atoms with E-state index in [1.807, 2.05) is 47.4 Å². The van der Waals surface area contributed by atoms with Crippen molar-refractivity contribution in [1.82, 2.24) is 9.88 Å². The first-order valence-corrected chi connectivity index (χ1v) is 9.36. The van der Waals surface area contributed by atoms with E-state index in [1.165, 1.54) is 0 Å². The van der Waals surface area contributed by atoms with Crippen LogP contribution in [0.3, 0.4) is 0 Å². The number of rotatable bonds is 5. The van der Waals surface area contributed by atoms with Gasteiger partial charge in [-0.3, -0.25) is 9.78 Å².